The molecule has 168 valence electrons. The van der Waals surface area contributed by atoms with E-state index in [4.69, 9.17) is 0 Å². The molecule has 7 nitrogen and oxygen atoms in total. The van der Waals surface area contributed by atoms with Gasteiger partial charge in [-0.2, -0.15) is 4.31 Å². The maximum absolute atomic E-state index is 12.6. The maximum Gasteiger partial charge on any atom is 0.573 e. The first-order chi connectivity index (χ1) is 14.5. The van der Waals surface area contributed by atoms with Crippen LogP contribution in [-0.2, 0) is 15.8 Å². The van der Waals surface area contributed by atoms with E-state index in [9.17, 15) is 26.4 Å². The average molecular weight is 457 g/mol. The molecule has 0 bridgehead atoms. The number of alkyl halides is 3. The third-order valence-corrected chi connectivity index (χ3v) is 6.62. The fraction of sp³-hybridized carbons (Fsp3) is 0.350. The first-order valence-electron chi connectivity index (χ1n) is 9.44. The summed E-state index contributed by atoms with van der Waals surface area (Å²) in [4.78, 5) is 14.4. The molecule has 1 aliphatic heterocycles. The normalized spacial score (nSPS) is 16.1. The minimum atomic E-state index is -4.79. The Morgan fingerprint density at radius 2 is 1.58 bits per heavy atom. The topological polar surface area (TPSA) is 79.0 Å². The molecule has 0 aliphatic carbocycles. The van der Waals surface area contributed by atoms with Gasteiger partial charge in [0.25, 0.3) is 5.91 Å². The smallest absolute Gasteiger partial charge is 0.406 e. The van der Waals surface area contributed by atoms with Crippen molar-refractivity contribution in [3.8, 4) is 5.75 Å². The summed E-state index contributed by atoms with van der Waals surface area (Å²) in [6.07, 6.45) is -4.79. The van der Waals surface area contributed by atoms with E-state index in [0.29, 0.717) is 37.4 Å². The van der Waals surface area contributed by atoms with Gasteiger partial charge in [0.2, 0.25) is 10.0 Å². The molecule has 0 aromatic heterocycles. The molecule has 3 rings (SSSR count). The van der Waals surface area contributed by atoms with Crippen molar-refractivity contribution in [2.45, 2.75) is 12.1 Å². The average Bonchev–Trinajstić information content (AvgIpc) is 2.69. The van der Waals surface area contributed by atoms with Gasteiger partial charge in [-0.15, -0.1) is 13.2 Å². The Morgan fingerprint density at radius 3 is 2.13 bits per heavy atom. The van der Waals surface area contributed by atoms with Crippen molar-refractivity contribution in [3.05, 3.63) is 59.7 Å². The number of carbonyl (C=O) groups is 1. The Bertz CT molecular complexity index is 1000. The standard InChI is InChI=1S/C20H22F3N3O4S/c1-25-10-12-26(13-11-25)31(28,29)14-15-2-4-16(5-3-15)19(27)24-17-6-8-18(9-7-17)30-20(21,22)23/h2-9H,10-14H2,1H3,(H,24,27). The molecule has 0 spiro atoms. The molecule has 0 atom stereocenters. The van der Waals surface area contributed by atoms with Gasteiger partial charge in [0, 0.05) is 37.4 Å². The third kappa shape index (κ3) is 6.68. The van der Waals surface area contributed by atoms with Crippen molar-refractivity contribution in [1.29, 1.82) is 0 Å². The lowest BCUT2D eigenvalue weighted by Crippen LogP contribution is -2.47. The minimum absolute atomic E-state index is 0.153. The van der Waals surface area contributed by atoms with Gasteiger partial charge in [0.15, 0.2) is 0 Å². The molecule has 1 heterocycles. The molecule has 1 fully saturated rings. The van der Waals surface area contributed by atoms with Crippen LogP contribution in [0.25, 0.3) is 0 Å². The van der Waals surface area contributed by atoms with Crippen molar-refractivity contribution < 1.29 is 31.1 Å². The number of carbonyl (C=O) groups excluding carboxylic acids is 1. The molecule has 1 saturated heterocycles. The number of rotatable bonds is 6. The molecule has 11 heteroatoms. The van der Waals surface area contributed by atoms with Gasteiger partial charge in [0.1, 0.15) is 5.75 Å². The number of likely N-dealkylation sites (N-methyl/N-ethyl adjacent to an activating group) is 1. The number of hydrogen-bond donors (Lipinski definition) is 1. The number of nitrogens with one attached hydrogen (secondary N) is 1. The molecule has 2 aromatic rings. The summed E-state index contributed by atoms with van der Waals surface area (Å²) in [6.45, 7) is 2.27. The zero-order valence-electron chi connectivity index (χ0n) is 16.7. The first-order valence-corrected chi connectivity index (χ1v) is 11.1. The lowest BCUT2D eigenvalue weighted by atomic mass is 10.1. The van der Waals surface area contributed by atoms with Crippen LogP contribution in [0.3, 0.4) is 0 Å². The number of benzene rings is 2. The zero-order chi connectivity index (χ0) is 22.6. The summed E-state index contributed by atoms with van der Waals surface area (Å²) in [6, 6.07) is 10.9. The highest BCUT2D eigenvalue weighted by Crippen LogP contribution is 2.24. The van der Waals surface area contributed by atoms with E-state index < -0.39 is 28.0 Å². The maximum atomic E-state index is 12.6. The molecule has 1 N–H and O–H groups in total. The van der Waals surface area contributed by atoms with Crippen LogP contribution in [-0.4, -0.2) is 63.1 Å². The molecule has 31 heavy (non-hydrogen) atoms. The summed E-state index contributed by atoms with van der Waals surface area (Å²) in [5, 5.41) is 2.56. The summed E-state index contributed by atoms with van der Waals surface area (Å²) in [7, 11) is -1.50. The monoisotopic (exact) mass is 457 g/mol. The van der Waals surface area contributed by atoms with E-state index in [-0.39, 0.29) is 11.3 Å². The molecule has 0 unspecified atom stereocenters. The SMILES string of the molecule is CN1CCN(S(=O)(=O)Cc2ccc(C(=O)Nc3ccc(OC(F)(F)F)cc3)cc2)CC1. The second kappa shape index (κ2) is 9.25. The fourth-order valence-corrected chi connectivity index (χ4v) is 4.58. The van der Waals surface area contributed by atoms with E-state index >= 15 is 0 Å². The highest BCUT2D eigenvalue weighted by molar-refractivity contribution is 7.88. The molecule has 1 aliphatic rings. The zero-order valence-corrected chi connectivity index (χ0v) is 17.5. The van der Waals surface area contributed by atoms with Gasteiger partial charge in [0.05, 0.1) is 5.75 Å². The highest BCUT2D eigenvalue weighted by atomic mass is 32.2. The Labute approximate surface area is 178 Å². The summed E-state index contributed by atoms with van der Waals surface area (Å²) >= 11 is 0. The number of halogens is 3. The largest absolute Gasteiger partial charge is 0.573 e. The quantitative estimate of drug-likeness (QED) is 0.722. The van der Waals surface area contributed by atoms with Crippen LogP contribution < -0.4 is 10.1 Å². The molecule has 0 saturated carbocycles. The van der Waals surface area contributed by atoms with Crippen molar-refractivity contribution in [1.82, 2.24) is 9.21 Å². The van der Waals surface area contributed by atoms with E-state index in [1.54, 1.807) is 12.1 Å². The highest BCUT2D eigenvalue weighted by Gasteiger charge is 2.31. The minimum Gasteiger partial charge on any atom is -0.406 e. The molecule has 2 aromatic carbocycles. The Morgan fingerprint density at radius 1 is 1.00 bits per heavy atom. The van der Waals surface area contributed by atoms with Gasteiger partial charge in [-0.05, 0) is 49.0 Å². The molecular formula is C20H22F3N3O4S. The lowest BCUT2D eigenvalue weighted by molar-refractivity contribution is -0.274. The number of nitrogens with zero attached hydrogens (tertiary/aromatic N) is 2. The van der Waals surface area contributed by atoms with Gasteiger partial charge >= 0.3 is 6.36 Å². The van der Waals surface area contributed by atoms with Gasteiger partial charge in [-0.1, -0.05) is 12.1 Å². The second-order valence-electron chi connectivity index (χ2n) is 7.18. The summed E-state index contributed by atoms with van der Waals surface area (Å²) in [5.74, 6) is -1.02. The van der Waals surface area contributed by atoms with E-state index in [2.05, 4.69) is 15.0 Å². The number of piperazine rings is 1. The predicted octanol–water partition coefficient (Wildman–Crippen LogP) is 2.91. The van der Waals surface area contributed by atoms with Crippen molar-refractivity contribution in [2.24, 2.45) is 0 Å². The molecule has 1 amide bonds. The van der Waals surface area contributed by atoms with Crippen molar-refractivity contribution in [3.63, 3.8) is 0 Å². The Hall–Kier alpha value is -2.63. The number of sulfonamides is 1. The van der Waals surface area contributed by atoms with E-state index in [1.165, 1.54) is 28.6 Å². The third-order valence-electron chi connectivity index (χ3n) is 4.77. The van der Waals surface area contributed by atoms with Crippen LogP contribution in [0.5, 0.6) is 5.75 Å². The molecule has 0 radical (unpaired) electrons. The predicted molar refractivity (Wildman–Crippen MR) is 109 cm³/mol. The number of ether oxygens (including phenoxy) is 1. The second-order valence-corrected chi connectivity index (χ2v) is 9.15. The number of hydrogen-bond acceptors (Lipinski definition) is 5. The summed E-state index contributed by atoms with van der Waals surface area (Å²) in [5.41, 5.74) is 1.14. The van der Waals surface area contributed by atoms with Crippen LogP contribution in [0.2, 0.25) is 0 Å². The Balaban J connectivity index is 1.58. The van der Waals surface area contributed by atoms with Crippen molar-refractivity contribution >= 4 is 21.6 Å². The van der Waals surface area contributed by atoms with Crippen LogP contribution in [0.1, 0.15) is 15.9 Å². The Kier molecular flexibility index (Phi) is 6.87. The summed E-state index contributed by atoms with van der Waals surface area (Å²) < 4.78 is 67.0. The van der Waals surface area contributed by atoms with Crippen LogP contribution >= 0.6 is 0 Å². The van der Waals surface area contributed by atoms with E-state index in [0.717, 1.165) is 12.1 Å². The van der Waals surface area contributed by atoms with Crippen LogP contribution in [0, 0.1) is 0 Å². The fourth-order valence-electron chi connectivity index (χ4n) is 3.06. The number of anilines is 1. The van der Waals surface area contributed by atoms with Crippen LogP contribution in [0.4, 0.5) is 18.9 Å². The number of amides is 1. The van der Waals surface area contributed by atoms with Gasteiger partial charge in [-0.3, -0.25) is 4.79 Å². The molecular weight excluding hydrogens is 435 g/mol. The first kappa shape index (κ1) is 23.0. The lowest BCUT2D eigenvalue weighted by Gasteiger charge is -2.31. The van der Waals surface area contributed by atoms with Crippen molar-refractivity contribution in [2.75, 3.05) is 38.5 Å². The van der Waals surface area contributed by atoms with E-state index in [1.807, 2.05) is 7.05 Å². The van der Waals surface area contributed by atoms with Gasteiger partial charge < -0.3 is 15.0 Å². The van der Waals surface area contributed by atoms with Gasteiger partial charge in [-0.25, -0.2) is 8.42 Å². The van der Waals surface area contributed by atoms with Crippen LogP contribution in [0.15, 0.2) is 48.5 Å².